The number of imidazole rings is 1. The van der Waals surface area contributed by atoms with E-state index in [-0.39, 0.29) is 12.5 Å². The highest BCUT2D eigenvalue weighted by molar-refractivity contribution is 5.75. The third-order valence-electron chi connectivity index (χ3n) is 2.02. The monoisotopic (exact) mass is 210 g/mol. The Kier molecular flexibility index (Phi) is 4.15. The van der Waals surface area contributed by atoms with Gasteiger partial charge < -0.3 is 15.6 Å². The van der Waals surface area contributed by atoms with Crippen molar-refractivity contribution in [2.24, 2.45) is 5.92 Å². The average molecular weight is 210 g/mol. The summed E-state index contributed by atoms with van der Waals surface area (Å²) in [5, 5.41) is 2.84. The standard InChI is InChI=1S/C10H18N4O/c1-8(2)3-4-12-10(15)6-14-5-9(11)13-7-14/h5,7-8H,3-4,6,11H2,1-2H3,(H,12,15). The molecule has 0 bridgehead atoms. The van der Waals surface area contributed by atoms with Crippen molar-refractivity contribution in [1.29, 1.82) is 0 Å². The molecule has 0 aliphatic carbocycles. The summed E-state index contributed by atoms with van der Waals surface area (Å²) in [5.74, 6) is 1.03. The van der Waals surface area contributed by atoms with Gasteiger partial charge in [0.2, 0.25) is 5.91 Å². The summed E-state index contributed by atoms with van der Waals surface area (Å²) in [6.45, 7) is 5.26. The Morgan fingerprint density at radius 2 is 2.40 bits per heavy atom. The summed E-state index contributed by atoms with van der Waals surface area (Å²) in [7, 11) is 0. The number of rotatable bonds is 5. The highest BCUT2D eigenvalue weighted by Crippen LogP contribution is 1.97. The minimum atomic E-state index is -0.00644. The molecule has 5 nitrogen and oxygen atoms in total. The normalized spacial score (nSPS) is 10.6. The van der Waals surface area contributed by atoms with Crippen LogP contribution in [0.4, 0.5) is 5.82 Å². The maximum atomic E-state index is 11.4. The van der Waals surface area contributed by atoms with Gasteiger partial charge in [0.25, 0.3) is 0 Å². The van der Waals surface area contributed by atoms with Crippen LogP contribution in [0, 0.1) is 5.92 Å². The van der Waals surface area contributed by atoms with E-state index in [2.05, 4.69) is 24.1 Å². The van der Waals surface area contributed by atoms with Crippen LogP contribution in [0.1, 0.15) is 20.3 Å². The number of aromatic nitrogens is 2. The molecule has 0 aromatic carbocycles. The molecule has 1 aromatic heterocycles. The van der Waals surface area contributed by atoms with Gasteiger partial charge in [0, 0.05) is 12.7 Å². The molecular formula is C10H18N4O. The fraction of sp³-hybridized carbons (Fsp3) is 0.600. The lowest BCUT2D eigenvalue weighted by Crippen LogP contribution is -2.28. The van der Waals surface area contributed by atoms with E-state index in [4.69, 9.17) is 5.73 Å². The minimum absolute atomic E-state index is 0.00644. The van der Waals surface area contributed by atoms with Gasteiger partial charge in [0.05, 0.1) is 6.33 Å². The molecule has 1 rings (SSSR count). The SMILES string of the molecule is CC(C)CCNC(=O)Cn1cnc(N)c1. The summed E-state index contributed by atoms with van der Waals surface area (Å²) in [4.78, 5) is 15.2. The molecule has 0 radical (unpaired) electrons. The molecule has 0 spiro atoms. The van der Waals surface area contributed by atoms with Crippen LogP contribution in [0.5, 0.6) is 0 Å². The summed E-state index contributed by atoms with van der Waals surface area (Å²) < 4.78 is 1.67. The average Bonchev–Trinajstić information content (AvgIpc) is 2.50. The van der Waals surface area contributed by atoms with Crippen molar-refractivity contribution < 1.29 is 4.79 Å². The fourth-order valence-electron chi connectivity index (χ4n) is 1.19. The predicted octanol–water partition coefficient (Wildman–Crippen LogP) is 0.628. The Hall–Kier alpha value is -1.52. The number of nitrogens with two attached hydrogens (primary N) is 1. The number of amides is 1. The van der Waals surface area contributed by atoms with E-state index in [0.717, 1.165) is 13.0 Å². The number of carbonyl (C=O) groups excluding carboxylic acids is 1. The van der Waals surface area contributed by atoms with Gasteiger partial charge in [-0.2, -0.15) is 0 Å². The first-order valence-corrected chi connectivity index (χ1v) is 5.12. The zero-order valence-corrected chi connectivity index (χ0v) is 9.23. The van der Waals surface area contributed by atoms with Gasteiger partial charge in [-0.3, -0.25) is 4.79 Å². The van der Waals surface area contributed by atoms with Crippen LogP contribution in [0.2, 0.25) is 0 Å². The van der Waals surface area contributed by atoms with Gasteiger partial charge >= 0.3 is 0 Å². The van der Waals surface area contributed by atoms with E-state index in [1.165, 1.54) is 0 Å². The van der Waals surface area contributed by atoms with Crippen molar-refractivity contribution in [2.75, 3.05) is 12.3 Å². The zero-order valence-electron chi connectivity index (χ0n) is 9.23. The number of hydrogen-bond donors (Lipinski definition) is 2. The first-order chi connectivity index (χ1) is 7.08. The number of nitrogens with one attached hydrogen (secondary N) is 1. The second-order valence-corrected chi connectivity index (χ2v) is 4.00. The van der Waals surface area contributed by atoms with Crippen molar-refractivity contribution in [3.05, 3.63) is 12.5 Å². The molecular weight excluding hydrogens is 192 g/mol. The van der Waals surface area contributed by atoms with Gasteiger partial charge in [-0.05, 0) is 12.3 Å². The Balaban J connectivity index is 2.24. The lowest BCUT2D eigenvalue weighted by Gasteiger charge is -2.07. The quantitative estimate of drug-likeness (QED) is 0.748. The van der Waals surface area contributed by atoms with E-state index in [0.29, 0.717) is 11.7 Å². The van der Waals surface area contributed by atoms with Gasteiger partial charge in [0.1, 0.15) is 12.4 Å². The lowest BCUT2D eigenvalue weighted by atomic mass is 10.1. The second kappa shape index (κ2) is 5.38. The maximum absolute atomic E-state index is 11.4. The Bertz CT molecular complexity index is 319. The van der Waals surface area contributed by atoms with Gasteiger partial charge in [-0.15, -0.1) is 0 Å². The maximum Gasteiger partial charge on any atom is 0.239 e. The van der Waals surface area contributed by atoms with Crippen LogP contribution in [-0.2, 0) is 11.3 Å². The molecule has 0 atom stereocenters. The highest BCUT2D eigenvalue weighted by Gasteiger charge is 2.03. The van der Waals surface area contributed by atoms with Crippen molar-refractivity contribution in [1.82, 2.24) is 14.9 Å². The number of nitrogen functional groups attached to an aromatic ring is 1. The smallest absolute Gasteiger partial charge is 0.239 e. The number of nitrogens with zero attached hydrogens (tertiary/aromatic N) is 2. The zero-order chi connectivity index (χ0) is 11.3. The molecule has 0 saturated heterocycles. The van der Waals surface area contributed by atoms with Crippen molar-refractivity contribution in [3.8, 4) is 0 Å². The molecule has 1 aromatic rings. The summed E-state index contributed by atoms with van der Waals surface area (Å²) in [6, 6.07) is 0. The van der Waals surface area contributed by atoms with E-state index in [1.807, 2.05) is 0 Å². The van der Waals surface area contributed by atoms with Gasteiger partial charge in [-0.1, -0.05) is 13.8 Å². The molecule has 0 fully saturated rings. The molecule has 0 unspecified atom stereocenters. The third kappa shape index (κ3) is 4.49. The number of carbonyl (C=O) groups is 1. The lowest BCUT2D eigenvalue weighted by molar-refractivity contribution is -0.121. The first-order valence-electron chi connectivity index (χ1n) is 5.12. The second-order valence-electron chi connectivity index (χ2n) is 4.00. The topological polar surface area (TPSA) is 72.9 Å². The molecule has 0 aliphatic heterocycles. The van der Waals surface area contributed by atoms with E-state index >= 15 is 0 Å². The molecule has 1 amide bonds. The van der Waals surface area contributed by atoms with Crippen molar-refractivity contribution >= 4 is 11.7 Å². The molecule has 0 saturated carbocycles. The number of hydrogen-bond acceptors (Lipinski definition) is 3. The van der Waals surface area contributed by atoms with Crippen LogP contribution >= 0.6 is 0 Å². The first kappa shape index (κ1) is 11.6. The van der Waals surface area contributed by atoms with Crippen LogP contribution in [0.15, 0.2) is 12.5 Å². The molecule has 0 aliphatic rings. The van der Waals surface area contributed by atoms with Crippen molar-refractivity contribution in [2.45, 2.75) is 26.8 Å². The highest BCUT2D eigenvalue weighted by atomic mass is 16.1. The summed E-state index contributed by atoms with van der Waals surface area (Å²) in [6.07, 6.45) is 4.19. The molecule has 1 heterocycles. The molecule has 3 N–H and O–H groups in total. The van der Waals surface area contributed by atoms with Crippen LogP contribution in [0.3, 0.4) is 0 Å². The Morgan fingerprint density at radius 1 is 1.67 bits per heavy atom. The van der Waals surface area contributed by atoms with E-state index in [1.54, 1.807) is 17.1 Å². The third-order valence-corrected chi connectivity index (χ3v) is 2.02. The van der Waals surface area contributed by atoms with E-state index in [9.17, 15) is 4.79 Å². The summed E-state index contributed by atoms with van der Waals surface area (Å²) in [5.41, 5.74) is 5.43. The molecule has 5 heteroatoms. The number of anilines is 1. The van der Waals surface area contributed by atoms with Crippen LogP contribution in [-0.4, -0.2) is 22.0 Å². The predicted molar refractivity (Wildman–Crippen MR) is 59.1 cm³/mol. The Labute approximate surface area is 89.7 Å². The van der Waals surface area contributed by atoms with Crippen LogP contribution < -0.4 is 11.1 Å². The van der Waals surface area contributed by atoms with Crippen molar-refractivity contribution in [3.63, 3.8) is 0 Å². The Morgan fingerprint density at radius 3 is 2.93 bits per heavy atom. The van der Waals surface area contributed by atoms with E-state index < -0.39 is 0 Å². The summed E-state index contributed by atoms with van der Waals surface area (Å²) >= 11 is 0. The fourth-order valence-corrected chi connectivity index (χ4v) is 1.19. The molecule has 84 valence electrons. The molecule has 15 heavy (non-hydrogen) atoms. The van der Waals surface area contributed by atoms with Crippen LogP contribution in [0.25, 0.3) is 0 Å². The largest absolute Gasteiger partial charge is 0.382 e. The van der Waals surface area contributed by atoms with Gasteiger partial charge in [0.15, 0.2) is 0 Å². The van der Waals surface area contributed by atoms with Gasteiger partial charge in [-0.25, -0.2) is 4.98 Å². The minimum Gasteiger partial charge on any atom is -0.382 e.